The lowest BCUT2D eigenvalue weighted by Gasteiger charge is -2.30. The molecule has 3 rings (SSSR count). The van der Waals surface area contributed by atoms with Crippen LogP contribution in [0.2, 0.25) is 0 Å². The average Bonchev–Trinajstić information content (AvgIpc) is 2.51. The zero-order valence-corrected chi connectivity index (χ0v) is 14.5. The van der Waals surface area contributed by atoms with Crippen molar-refractivity contribution in [3.05, 3.63) is 34.4 Å². The van der Waals surface area contributed by atoms with Gasteiger partial charge in [-0.05, 0) is 49.4 Å². The van der Waals surface area contributed by atoms with Crippen molar-refractivity contribution in [3.8, 4) is 0 Å². The fourth-order valence-corrected chi connectivity index (χ4v) is 3.10. The summed E-state index contributed by atoms with van der Waals surface area (Å²) in [5.74, 6) is 2.25. The first-order valence-corrected chi connectivity index (χ1v) is 8.39. The second-order valence-corrected chi connectivity index (χ2v) is 6.81. The zero-order valence-electron chi connectivity index (χ0n) is 12.9. The van der Waals surface area contributed by atoms with Gasteiger partial charge in [-0.25, -0.2) is 0 Å². The maximum atomic E-state index is 4.61. The number of nitrogens with one attached hydrogen (secondary N) is 1. The largest absolute Gasteiger partial charge is 0.355 e. The van der Waals surface area contributed by atoms with Crippen molar-refractivity contribution in [2.45, 2.75) is 26.7 Å². The molecule has 6 heteroatoms. The summed E-state index contributed by atoms with van der Waals surface area (Å²) in [7, 11) is 0. The monoisotopic (exact) mass is 361 g/mol. The number of aromatic nitrogens is 3. The van der Waals surface area contributed by atoms with Gasteiger partial charge in [-0.3, -0.25) is 0 Å². The van der Waals surface area contributed by atoms with E-state index in [1.54, 1.807) is 6.20 Å². The quantitative estimate of drug-likeness (QED) is 0.897. The predicted octanol–water partition coefficient (Wildman–Crippen LogP) is 3.92. The minimum absolute atomic E-state index is 0.543. The molecule has 0 amide bonds. The molecule has 0 unspecified atom stereocenters. The Morgan fingerprint density at radius 2 is 2.05 bits per heavy atom. The standard InChI is InChI=1S/C16H20BrN5/c1-11-5-7-22(8-6-11)15-10-18-21-16(20-15)19-14-4-3-13(17)9-12(14)2/h3-4,9-11H,5-8H2,1-2H3,(H,19,20,21). The van der Waals surface area contributed by atoms with Crippen LogP contribution < -0.4 is 10.2 Å². The number of piperidine rings is 1. The fourth-order valence-electron chi connectivity index (χ4n) is 2.63. The van der Waals surface area contributed by atoms with E-state index in [1.165, 1.54) is 12.8 Å². The third-order valence-corrected chi connectivity index (χ3v) is 4.58. The van der Waals surface area contributed by atoms with Crippen LogP contribution in [0.1, 0.15) is 25.3 Å². The summed E-state index contributed by atoms with van der Waals surface area (Å²) in [5, 5.41) is 11.4. The maximum absolute atomic E-state index is 4.61. The Hall–Kier alpha value is -1.69. The lowest BCUT2D eigenvalue weighted by molar-refractivity contribution is 0.436. The predicted molar refractivity (Wildman–Crippen MR) is 92.6 cm³/mol. The summed E-state index contributed by atoms with van der Waals surface area (Å²) in [5.41, 5.74) is 2.13. The molecule has 1 saturated heterocycles. The Bertz CT molecular complexity index is 653. The van der Waals surface area contributed by atoms with Gasteiger partial charge in [0.2, 0.25) is 5.95 Å². The normalized spacial score (nSPS) is 15.9. The number of anilines is 3. The SMILES string of the molecule is Cc1cc(Br)ccc1Nc1nncc(N2CCC(C)CC2)n1. The Balaban J connectivity index is 1.76. The molecule has 1 aromatic heterocycles. The van der Waals surface area contributed by atoms with Crippen molar-refractivity contribution in [3.63, 3.8) is 0 Å². The summed E-state index contributed by atoms with van der Waals surface area (Å²) >= 11 is 3.47. The van der Waals surface area contributed by atoms with Gasteiger partial charge in [0.25, 0.3) is 0 Å². The van der Waals surface area contributed by atoms with Gasteiger partial charge in [0.05, 0.1) is 6.20 Å². The number of benzene rings is 1. The van der Waals surface area contributed by atoms with E-state index in [-0.39, 0.29) is 0 Å². The zero-order chi connectivity index (χ0) is 15.5. The average molecular weight is 362 g/mol. The Labute approximate surface area is 139 Å². The van der Waals surface area contributed by atoms with Crippen LogP contribution in [0.15, 0.2) is 28.9 Å². The highest BCUT2D eigenvalue weighted by Gasteiger charge is 2.17. The van der Waals surface area contributed by atoms with E-state index in [0.717, 1.165) is 40.5 Å². The van der Waals surface area contributed by atoms with Gasteiger partial charge in [0.15, 0.2) is 5.82 Å². The molecule has 0 bridgehead atoms. The number of nitrogens with zero attached hydrogens (tertiary/aromatic N) is 4. The summed E-state index contributed by atoms with van der Waals surface area (Å²) in [6.45, 7) is 6.43. The molecule has 1 aromatic carbocycles. The molecule has 0 atom stereocenters. The molecule has 22 heavy (non-hydrogen) atoms. The topological polar surface area (TPSA) is 53.9 Å². The van der Waals surface area contributed by atoms with Crippen LogP contribution >= 0.6 is 15.9 Å². The highest BCUT2D eigenvalue weighted by Crippen LogP contribution is 2.24. The summed E-state index contributed by atoms with van der Waals surface area (Å²) in [4.78, 5) is 6.90. The molecular weight excluding hydrogens is 342 g/mol. The first-order valence-electron chi connectivity index (χ1n) is 7.59. The van der Waals surface area contributed by atoms with Crippen LogP contribution in [0.4, 0.5) is 17.5 Å². The van der Waals surface area contributed by atoms with Gasteiger partial charge in [-0.1, -0.05) is 22.9 Å². The van der Waals surface area contributed by atoms with Crippen LogP contribution in [0.3, 0.4) is 0 Å². The minimum atomic E-state index is 0.543. The van der Waals surface area contributed by atoms with Gasteiger partial charge in [0, 0.05) is 23.2 Å². The van der Waals surface area contributed by atoms with Crippen LogP contribution in [0.5, 0.6) is 0 Å². The molecule has 1 N–H and O–H groups in total. The van der Waals surface area contributed by atoms with E-state index in [0.29, 0.717) is 5.95 Å². The smallest absolute Gasteiger partial charge is 0.249 e. The van der Waals surface area contributed by atoms with E-state index >= 15 is 0 Å². The van der Waals surface area contributed by atoms with Crippen molar-refractivity contribution >= 4 is 33.4 Å². The first-order chi connectivity index (χ1) is 10.6. The summed E-state index contributed by atoms with van der Waals surface area (Å²) in [6.07, 6.45) is 4.16. The molecule has 2 heterocycles. The number of aryl methyl sites for hydroxylation is 1. The van der Waals surface area contributed by atoms with Crippen LogP contribution in [0, 0.1) is 12.8 Å². The molecule has 0 saturated carbocycles. The van der Waals surface area contributed by atoms with E-state index < -0.39 is 0 Å². The van der Waals surface area contributed by atoms with Crippen molar-refractivity contribution in [2.24, 2.45) is 5.92 Å². The maximum Gasteiger partial charge on any atom is 0.249 e. The van der Waals surface area contributed by atoms with E-state index in [4.69, 9.17) is 0 Å². The van der Waals surface area contributed by atoms with Crippen molar-refractivity contribution in [1.29, 1.82) is 0 Å². The van der Waals surface area contributed by atoms with E-state index in [9.17, 15) is 0 Å². The van der Waals surface area contributed by atoms with E-state index in [2.05, 4.69) is 61.2 Å². The van der Waals surface area contributed by atoms with Gasteiger partial charge >= 0.3 is 0 Å². The second-order valence-electron chi connectivity index (χ2n) is 5.89. The van der Waals surface area contributed by atoms with Gasteiger partial charge < -0.3 is 10.2 Å². The molecule has 1 fully saturated rings. The number of rotatable bonds is 3. The summed E-state index contributed by atoms with van der Waals surface area (Å²) in [6, 6.07) is 6.07. The van der Waals surface area contributed by atoms with Crippen LogP contribution in [0.25, 0.3) is 0 Å². The van der Waals surface area contributed by atoms with Crippen LogP contribution in [-0.4, -0.2) is 28.3 Å². The Morgan fingerprint density at radius 3 is 2.77 bits per heavy atom. The van der Waals surface area contributed by atoms with Gasteiger partial charge in [-0.2, -0.15) is 10.1 Å². The van der Waals surface area contributed by atoms with Gasteiger partial charge in [-0.15, -0.1) is 5.10 Å². The molecule has 0 spiro atoms. The number of hydrogen-bond donors (Lipinski definition) is 1. The first kappa shape index (κ1) is 15.2. The third-order valence-electron chi connectivity index (χ3n) is 4.09. The lowest BCUT2D eigenvalue weighted by atomic mass is 9.99. The molecule has 0 aliphatic carbocycles. The Kier molecular flexibility index (Phi) is 4.57. The molecule has 0 radical (unpaired) electrons. The molecule has 5 nitrogen and oxygen atoms in total. The Morgan fingerprint density at radius 1 is 1.27 bits per heavy atom. The highest BCUT2D eigenvalue weighted by molar-refractivity contribution is 9.10. The van der Waals surface area contributed by atoms with Crippen molar-refractivity contribution < 1.29 is 0 Å². The molecule has 1 aliphatic rings. The lowest BCUT2D eigenvalue weighted by Crippen LogP contribution is -2.33. The second kappa shape index (κ2) is 6.60. The van der Waals surface area contributed by atoms with Crippen molar-refractivity contribution in [1.82, 2.24) is 15.2 Å². The van der Waals surface area contributed by atoms with Crippen molar-refractivity contribution in [2.75, 3.05) is 23.3 Å². The highest BCUT2D eigenvalue weighted by atomic mass is 79.9. The summed E-state index contributed by atoms with van der Waals surface area (Å²) < 4.78 is 1.06. The molecule has 2 aromatic rings. The van der Waals surface area contributed by atoms with E-state index in [1.807, 2.05) is 12.1 Å². The third kappa shape index (κ3) is 3.55. The fraction of sp³-hybridized carbons (Fsp3) is 0.438. The molecule has 116 valence electrons. The molecule has 1 aliphatic heterocycles. The molecular formula is C16H20BrN5. The van der Waals surface area contributed by atoms with Gasteiger partial charge in [0.1, 0.15) is 0 Å². The van der Waals surface area contributed by atoms with Crippen LogP contribution in [-0.2, 0) is 0 Å². The minimum Gasteiger partial charge on any atom is -0.355 e. The number of hydrogen-bond acceptors (Lipinski definition) is 5. The number of halogens is 1.